The third-order valence-corrected chi connectivity index (χ3v) is 2.38. The highest BCUT2D eigenvalue weighted by Gasteiger charge is 2.08. The van der Waals surface area contributed by atoms with Gasteiger partial charge in [0.25, 0.3) is 0 Å². The Hall–Kier alpha value is -2.11. The smallest absolute Gasteiger partial charge is 0.387 e. The van der Waals surface area contributed by atoms with Gasteiger partial charge in [0.05, 0.1) is 5.69 Å². The number of ether oxygens (including phenoxy) is 1. The molecule has 1 aromatic carbocycles. The Kier molecular flexibility index (Phi) is 3.99. The molecule has 0 amide bonds. The van der Waals surface area contributed by atoms with Crippen LogP contribution in [-0.4, -0.2) is 22.9 Å². The van der Waals surface area contributed by atoms with E-state index in [9.17, 15) is 8.78 Å². The van der Waals surface area contributed by atoms with Crippen molar-refractivity contribution in [3.8, 4) is 17.0 Å². The quantitative estimate of drug-likeness (QED) is 0.871. The largest absolute Gasteiger partial charge is 0.435 e. The molecule has 0 atom stereocenters. The number of benzene rings is 1. The molecule has 2 aromatic rings. The van der Waals surface area contributed by atoms with Crippen molar-refractivity contribution in [2.45, 2.75) is 26.5 Å². The van der Waals surface area contributed by atoms with Crippen LogP contribution in [0.5, 0.6) is 5.75 Å². The summed E-state index contributed by atoms with van der Waals surface area (Å²) in [4.78, 5) is 0. The molecule has 0 unspecified atom stereocenters. The minimum absolute atomic E-state index is 0.125. The van der Waals surface area contributed by atoms with Crippen molar-refractivity contribution in [1.82, 2.24) is 10.2 Å². The monoisotopic (exact) mass is 267 g/mol. The maximum absolute atomic E-state index is 12.1. The molecule has 4 nitrogen and oxygen atoms in total. The SMILES string of the molecule is CC(C)Nc1cc(-c2cccc(OC(F)F)c2)[nH]n1. The van der Waals surface area contributed by atoms with Crippen molar-refractivity contribution in [1.29, 1.82) is 0 Å². The average Bonchev–Trinajstić information content (AvgIpc) is 2.76. The normalized spacial score (nSPS) is 11.1. The molecule has 0 bridgehead atoms. The van der Waals surface area contributed by atoms with Crippen LogP contribution in [-0.2, 0) is 0 Å². The minimum Gasteiger partial charge on any atom is -0.435 e. The molecular formula is C13H15F2N3O. The van der Waals surface area contributed by atoms with Crippen LogP contribution in [0, 0.1) is 0 Å². The number of alkyl halides is 2. The zero-order valence-corrected chi connectivity index (χ0v) is 10.7. The lowest BCUT2D eigenvalue weighted by Gasteiger charge is -2.05. The van der Waals surface area contributed by atoms with Gasteiger partial charge in [-0.05, 0) is 26.0 Å². The van der Waals surface area contributed by atoms with E-state index in [4.69, 9.17) is 0 Å². The summed E-state index contributed by atoms with van der Waals surface area (Å²) < 4.78 is 28.7. The molecule has 0 saturated carbocycles. The maximum atomic E-state index is 12.1. The second kappa shape index (κ2) is 5.69. The van der Waals surface area contributed by atoms with Gasteiger partial charge in [-0.1, -0.05) is 12.1 Å². The number of hydrogen-bond acceptors (Lipinski definition) is 3. The van der Waals surface area contributed by atoms with Crippen LogP contribution >= 0.6 is 0 Å². The number of anilines is 1. The molecule has 6 heteroatoms. The predicted octanol–water partition coefficient (Wildman–Crippen LogP) is 3.50. The number of hydrogen-bond donors (Lipinski definition) is 2. The third kappa shape index (κ3) is 3.67. The first-order valence-electron chi connectivity index (χ1n) is 5.92. The average molecular weight is 267 g/mol. The summed E-state index contributed by atoms with van der Waals surface area (Å²) in [6.45, 7) is 1.19. The van der Waals surface area contributed by atoms with Crippen molar-refractivity contribution < 1.29 is 13.5 Å². The molecule has 2 rings (SSSR count). The number of aromatic amines is 1. The van der Waals surface area contributed by atoms with Gasteiger partial charge < -0.3 is 10.1 Å². The summed E-state index contributed by atoms with van der Waals surface area (Å²) in [7, 11) is 0. The standard InChI is InChI=1S/C13H15F2N3O/c1-8(2)16-12-7-11(17-18-12)9-4-3-5-10(6-9)19-13(14)15/h3-8,13H,1-2H3,(H2,16,17,18). The van der Waals surface area contributed by atoms with E-state index in [1.807, 2.05) is 19.9 Å². The summed E-state index contributed by atoms with van der Waals surface area (Å²) in [6.07, 6.45) is 0. The molecule has 0 aliphatic heterocycles. The predicted molar refractivity (Wildman–Crippen MR) is 69.4 cm³/mol. The van der Waals surface area contributed by atoms with E-state index < -0.39 is 6.61 Å². The van der Waals surface area contributed by atoms with Crippen molar-refractivity contribution >= 4 is 5.82 Å². The Balaban J connectivity index is 2.19. The van der Waals surface area contributed by atoms with E-state index in [0.717, 1.165) is 11.3 Å². The molecule has 0 spiro atoms. The van der Waals surface area contributed by atoms with Gasteiger partial charge >= 0.3 is 6.61 Å². The molecule has 0 fully saturated rings. The summed E-state index contributed by atoms with van der Waals surface area (Å²) in [5.41, 5.74) is 1.48. The number of rotatable bonds is 5. The van der Waals surface area contributed by atoms with Crippen LogP contribution in [0.1, 0.15) is 13.8 Å². The maximum Gasteiger partial charge on any atom is 0.387 e. The lowest BCUT2D eigenvalue weighted by Crippen LogP contribution is -2.09. The molecule has 0 aliphatic rings. The molecule has 0 aliphatic carbocycles. The van der Waals surface area contributed by atoms with Crippen molar-refractivity contribution in [3.63, 3.8) is 0 Å². The molecule has 0 saturated heterocycles. The first-order valence-corrected chi connectivity index (χ1v) is 5.92. The van der Waals surface area contributed by atoms with Gasteiger partial charge in [0.2, 0.25) is 0 Å². The van der Waals surface area contributed by atoms with Crippen LogP contribution in [0.3, 0.4) is 0 Å². The Labute approximate surface area is 109 Å². The van der Waals surface area contributed by atoms with Gasteiger partial charge in [-0.3, -0.25) is 5.10 Å². The second-order valence-electron chi connectivity index (χ2n) is 4.37. The highest BCUT2D eigenvalue weighted by Crippen LogP contribution is 2.25. The van der Waals surface area contributed by atoms with E-state index in [0.29, 0.717) is 5.82 Å². The fraction of sp³-hybridized carbons (Fsp3) is 0.308. The van der Waals surface area contributed by atoms with Crippen molar-refractivity contribution in [2.75, 3.05) is 5.32 Å². The van der Waals surface area contributed by atoms with Gasteiger partial charge in [0, 0.05) is 17.7 Å². The lowest BCUT2D eigenvalue weighted by atomic mass is 10.1. The number of halogens is 2. The van der Waals surface area contributed by atoms with Crippen LogP contribution in [0.2, 0.25) is 0 Å². The van der Waals surface area contributed by atoms with Crippen LogP contribution in [0.15, 0.2) is 30.3 Å². The van der Waals surface area contributed by atoms with Crippen LogP contribution in [0.4, 0.5) is 14.6 Å². The second-order valence-corrected chi connectivity index (χ2v) is 4.37. The van der Waals surface area contributed by atoms with Crippen molar-refractivity contribution in [2.24, 2.45) is 0 Å². The summed E-state index contributed by atoms with van der Waals surface area (Å²) in [6, 6.07) is 8.57. The molecule has 1 heterocycles. The highest BCUT2D eigenvalue weighted by atomic mass is 19.3. The Bertz CT molecular complexity index is 540. The zero-order chi connectivity index (χ0) is 13.8. The summed E-state index contributed by atoms with van der Waals surface area (Å²) in [5.74, 6) is 0.839. The Morgan fingerprint density at radius 2 is 2.05 bits per heavy atom. The van der Waals surface area contributed by atoms with E-state index in [1.165, 1.54) is 6.07 Å². The molecule has 1 aromatic heterocycles. The van der Waals surface area contributed by atoms with Gasteiger partial charge in [-0.25, -0.2) is 0 Å². The number of nitrogens with zero attached hydrogens (tertiary/aromatic N) is 1. The first kappa shape index (κ1) is 13.3. The number of H-pyrrole nitrogens is 1. The molecule has 2 N–H and O–H groups in total. The lowest BCUT2D eigenvalue weighted by molar-refractivity contribution is -0.0498. The third-order valence-electron chi connectivity index (χ3n) is 2.38. The van der Waals surface area contributed by atoms with Crippen LogP contribution in [0.25, 0.3) is 11.3 Å². The number of aromatic nitrogens is 2. The molecular weight excluding hydrogens is 252 g/mol. The minimum atomic E-state index is -2.82. The van der Waals surface area contributed by atoms with Gasteiger partial charge in [0.1, 0.15) is 11.6 Å². The zero-order valence-electron chi connectivity index (χ0n) is 10.7. The molecule has 19 heavy (non-hydrogen) atoms. The van der Waals surface area contributed by atoms with Gasteiger partial charge in [-0.15, -0.1) is 0 Å². The Morgan fingerprint density at radius 3 is 2.74 bits per heavy atom. The summed E-state index contributed by atoms with van der Waals surface area (Å²) in [5, 5.41) is 10.1. The fourth-order valence-electron chi connectivity index (χ4n) is 1.68. The first-order chi connectivity index (χ1) is 9.04. The van der Waals surface area contributed by atoms with E-state index in [2.05, 4.69) is 20.3 Å². The number of nitrogens with one attached hydrogen (secondary N) is 2. The van der Waals surface area contributed by atoms with Crippen LogP contribution < -0.4 is 10.1 Å². The van der Waals surface area contributed by atoms with Gasteiger partial charge in [-0.2, -0.15) is 13.9 Å². The van der Waals surface area contributed by atoms with E-state index >= 15 is 0 Å². The molecule has 102 valence electrons. The van der Waals surface area contributed by atoms with Crippen molar-refractivity contribution in [3.05, 3.63) is 30.3 Å². The highest BCUT2D eigenvalue weighted by molar-refractivity contribution is 5.64. The summed E-state index contributed by atoms with van der Waals surface area (Å²) >= 11 is 0. The fourth-order valence-corrected chi connectivity index (χ4v) is 1.68. The van der Waals surface area contributed by atoms with E-state index in [1.54, 1.807) is 18.2 Å². The molecule has 0 radical (unpaired) electrons. The van der Waals surface area contributed by atoms with E-state index in [-0.39, 0.29) is 11.8 Å². The topological polar surface area (TPSA) is 49.9 Å². The Morgan fingerprint density at radius 1 is 1.26 bits per heavy atom. The van der Waals surface area contributed by atoms with Gasteiger partial charge in [0.15, 0.2) is 0 Å².